The molecule has 11 heavy (non-hydrogen) atoms. The minimum absolute atomic E-state index is 0.0116. The van der Waals surface area contributed by atoms with Crippen molar-refractivity contribution < 1.29 is 0 Å². The summed E-state index contributed by atoms with van der Waals surface area (Å²) in [7, 11) is 1.84. The predicted octanol–water partition coefficient (Wildman–Crippen LogP) is 1.30. The predicted molar refractivity (Wildman–Crippen MR) is 49.5 cm³/mol. The zero-order valence-electron chi connectivity index (χ0n) is 6.15. The van der Waals surface area contributed by atoms with Crippen LogP contribution in [0.2, 0.25) is 0 Å². The Labute approximate surface area is 81.6 Å². The third-order valence-corrected chi connectivity index (χ3v) is 3.20. The maximum atomic E-state index is 5.97. The quantitative estimate of drug-likeness (QED) is 0.511. The van der Waals surface area contributed by atoms with E-state index in [1.807, 2.05) is 7.05 Å². The normalized spacial score (nSPS) is 45.8. The molecule has 0 aromatic heterocycles. The smallest absolute Gasteiger partial charge is 0.100 e. The molecule has 1 rings (SSSR count). The van der Waals surface area contributed by atoms with Crippen molar-refractivity contribution in [2.45, 2.75) is 28.8 Å². The molecule has 0 aromatic rings. The van der Waals surface area contributed by atoms with Crippen LogP contribution in [0.4, 0.5) is 0 Å². The number of piperidine rings is 1. The van der Waals surface area contributed by atoms with Gasteiger partial charge in [-0.05, 0) is 13.5 Å². The summed E-state index contributed by atoms with van der Waals surface area (Å²) >= 11 is 17.7. The largest absolute Gasteiger partial charge is 0.304 e. The van der Waals surface area contributed by atoms with E-state index in [2.05, 4.69) is 10.6 Å². The van der Waals surface area contributed by atoms with Crippen LogP contribution in [-0.2, 0) is 0 Å². The van der Waals surface area contributed by atoms with Gasteiger partial charge in [0.25, 0.3) is 0 Å². The van der Waals surface area contributed by atoms with E-state index in [1.54, 1.807) is 0 Å². The average molecular weight is 218 g/mol. The van der Waals surface area contributed by atoms with Gasteiger partial charge in [-0.3, -0.25) is 5.32 Å². The first-order valence-electron chi connectivity index (χ1n) is 3.50. The van der Waals surface area contributed by atoms with Crippen LogP contribution in [0.25, 0.3) is 0 Å². The Morgan fingerprint density at radius 2 is 1.91 bits per heavy atom. The van der Waals surface area contributed by atoms with Crippen LogP contribution in [0, 0.1) is 0 Å². The molecule has 1 aliphatic rings. The Morgan fingerprint density at radius 1 is 1.27 bits per heavy atom. The van der Waals surface area contributed by atoms with Crippen LogP contribution in [0.3, 0.4) is 0 Å². The van der Waals surface area contributed by atoms with Gasteiger partial charge in [-0.25, -0.2) is 0 Å². The molecule has 4 atom stereocenters. The van der Waals surface area contributed by atoms with E-state index in [0.717, 1.165) is 6.42 Å². The molecule has 0 radical (unpaired) electrons. The first-order chi connectivity index (χ1) is 5.15. The van der Waals surface area contributed by atoms with Gasteiger partial charge in [-0.15, -0.1) is 34.8 Å². The minimum Gasteiger partial charge on any atom is -0.304 e. The monoisotopic (exact) mass is 216 g/mol. The number of hydrogen-bond acceptors (Lipinski definition) is 2. The van der Waals surface area contributed by atoms with Crippen LogP contribution in [0.5, 0.6) is 0 Å². The maximum absolute atomic E-state index is 5.97. The molecule has 2 N–H and O–H groups in total. The Bertz CT molecular complexity index is 133. The summed E-state index contributed by atoms with van der Waals surface area (Å²) < 4.78 is 0. The van der Waals surface area contributed by atoms with Gasteiger partial charge in [0.15, 0.2) is 0 Å². The summed E-state index contributed by atoms with van der Waals surface area (Å²) in [5.41, 5.74) is -0.191. The van der Waals surface area contributed by atoms with E-state index in [4.69, 9.17) is 34.8 Å². The molecular weight excluding hydrogens is 206 g/mol. The lowest BCUT2D eigenvalue weighted by Crippen LogP contribution is -2.57. The van der Waals surface area contributed by atoms with E-state index >= 15 is 0 Å². The number of hydrogen-bond donors (Lipinski definition) is 2. The van der Waals surface area contributed by atoms with Crippen LogP contribution >= 0.6 is 34.8 Å². The molecule has 0 spiro atoms. The highest BCUT2D eigenvalue weighted by Crippen LogP contribution is 2.23. The molecular formula is C6H11Cl3N2. The summed E-state index contributed by atoms with van der Waals surface area (Å²) in [5.74, 6) is 0. The molecule has 0 amide bonds. The van der Waals surface area contributed by atoms with Crippen molar-refractivity contribution in [3.63, 3.8) is 0 Å². The Kier molecular flexibility index (Phi) is 3.72. The second-order valence-corrected chi connectivity index (χ2v) is 4.19. The molecule has 5 heteroatoms. The van der Waals surface area contributed by atoms with Crippen molar-refractivity contribution in [2.75, 3.05) is 7.05 Å². The molecule has 1 fully saturated rings. The lowest BCUT2D eigenvalue weighted by atomic mass is 10.1. The number of rotatable bonds is 1. The molecule has 1 saturated heterocycles. The van der Waals surface area contributed by atoms with Gasteiger partial charge in [-0.2, -0.15) is 0 Å². The highest BCUT2D eigenvalue weighted by atomic mass is 35.5. The molecule has 66 valence electrons. The summed E-state index contributed by atoms with van der Waals surface area (Å²) in [6.07, 6.45) is 0.796. The van der Waals surface area contributed by atoms with Gasteiger partial charge in [0, 0.05) is 0 Å². The van der Waals surface area contributed by atoms with E-state index < -0.39 is 0 Å². The topological polar surface area (TPSA) is 24.1 Å². The standard InChI is InChI=1S/C6H11Cl3N2/c1-10-6-4(8)2-3(7)5(9)11-6/h3-6,10-11H,2H2,1H3. The van der Waals surface area contributed by atoms with Crippen molar-refractivity contribution in [1.82, 2.24) is 10.6 Å². The van der Waals surface area contributed by atoms with Crippen LogP contribution < -0.4 is 10.6 Å². The number of nitrogens with one attached hydrogen (secondary N) is 2. The molecule has 0 aromatic carbocycles. The van der Waals surface area contributed by atoms with Crippen LogP contribution in [-0.4, -0.2) is 29.5 Å². The minimum atomic E-state index is -0.191. The zero-order chi connectivity index (χ0) is 8.43. The molecule has 1 heterocycles. The van der Waals surface area contributed by atoms with Gasteiger partial charge in [-0.1, -0.05) is 0 Å². The van der Waals surface area contributed by atoms with Crippen molar-refractivity contribution in [2.24, 2.45) is 0 Å². The van der Waals surface area contributed by atoms with Gasteiger partial charge in [0.2, 0.25) is 0 Å². The average Bonchev–Trinajstić information content (AvgIpc) is 1.97. The summed E-state index contributed by atoms with van der Waals surface area (Å²) in [6, 6.07) is 0. The van der Waals surface area contributed by atoms with Crippen LogP contribution in [0.15, 0.2) is 0 Å². The van der Waals surface area contributed by atoms with Crippen molar-refractivity contribution >= 4 is 34.8 Å². The first-order valence-corrected chi connectivity index (χ1v) is 4.81. The third-order valence-electron chi connectivity index (χ3n) is 1.78. The third kappa shape index (κ3) is 2.36. The fraction of sp³-hybridized carbons (Fsp3) is 1.00. The zero-order valence-corrected chi connectivity index (χ0v) is 8.42. The van der Waals surface area contributed by atoms with E-state index in [-0.39, 0.29) is 22.4 Å². The van der Waals surface area contributed by atoms with E-state index in [9.17, 15) is 0 Å². The lowest BCUT2D eigenvalue weighted by molar-refractivity contribution is 0.352. The summed E-state index contributed by atoms with van der Waals surface area (Å²) in [4.78, 5) is 0. The van der Waals surface area contributed by atoms with E-state index in [1.165, 1.54) is 0 Å². The molecule has 0 saturated carbocycles. The number of halogens is 3. The second-order valence-electron chi connectivity index (χ2n) is 2.60. The lowest BCUT2D eigenvalue weighted by Gasteiger charge is -2.34. The summed E-state index contributed by atoms with van der Waals surface area (Å²) in [5, 5.41) is 6.01. The van der Waals surface area contributed by atoms with Crippen molar-refractivity contribution in [1.29, 1.82) is 0 Å². The van der Waals surface area contributed by atoms with Gasteiger partial charge < -0.3 is 5.32 Å². The molecule has 2 nitrogen and oxygen atoms in total. The maximum Gasteiger partial charge on any atom is 0.100 e. The van der Waals surface area contributed by atoms with Gasteiger partial charge in [0.05, 0.1) is 16.9 Å². The number of alkyl halides is 3. The fourth-order valence-electron chi connectivity index (χ4n) is 1.12. The molecule has 4 unspecified atom stereocenters. The van der Waals surface area contributed by atoms with Crippen molar-refractivity contribution in [3.05, 3.63) is 0 Å². The Morgan fingerprint density at radius 3 is 2.45 bits per heavy atom. The summed E-state index contributed by atoms with van der Waals surface area (Å²) in [6.45, 7) is 0. The van der Waals surface area contributed by atoms with Gasteiger partial charge in [0.1, 0.15) is 5.50 Å². The highest BCUT2D eigenvalue weighted by molar-refractivity contribution is 6.31. The van der Waals surface area contributed by atoms with Gasteiger partial charge >= 0.3 is 0 Å². The van der Waals surface area contributed by atoms with E-state index in [0.29, 0.717) is 0 Å². The molecule has 1 aliphatic heterocycles. The first kappa shape index (κ1) is 9.87. The SMILES string of the molecule is CNC1NC(Cl)C(Cl)CC1Cl. The van der Waals surface area contributed by atoms with Crippen LogP contribution in [0.1, 0.15) is 6.42 Å². The second kappa shape index (κ2) is 4.15. The highest BCUT2D eigenvalue weighted by Gasteiger charge is 2.32. The fourth-order valence-corrected chi connectivity index (χ4v) is 2.10. The Balaban J connectivity index is 2.48. The Hall–Kier alpha value is 0.790. The molecule has 0 aliphatic carbocycles. The van der Waals surface area contributed by atoms with Crippen molar-refractivity contribution in [3.8, 4) is 0 Å². The molecule has 0 bridgehead atoms.